The van der Waals surface area contributed by atoms with Crippen LogP contribution in [0.2, 0.25) is 0 Å². The molecule has 0 amide bonds. The summed E-state index contributed by atoms with van der Waals surface area (Å²) in [6.07, 6.45) is 2.99. The summed E-state index contributed by atoms with van der Waals surface area (Å²) in [6.45, 7) is 1.21. The molecule has 0 N–H and O–H groups in total. The summed E-state index contributed by atoms with van der Waals surface area (Å²) in [5.74, 6) is 0. The summed E-state index contributed by atoms with van der Waals surface area (Å²) in [6, 6.07) is 0.787. The van der Waals surface area contributed by atoms with E-state index in [-0.39, 0.29) is 0 Å². The molecule has 0 saturated heterocycles. The molecule has 66 valence electrons. The maximum Gasteiger partial charge on any atom is 0.0601 e. The second-order valence-electron chi connectivity index (χ2n) is 3.15. The van der Waals surface area contributed by atoms with Crippen molar-refractivity contribution < 1.29 is 4.74 Å². The van der Waals surface area contributed by atoms with Crippen molar-refractivity contribution in [3.8, 4) is 0 Å². The molecule has 0 aromatic rings. The van der Waals surface area contributed by atoms with Crippen LogP contribution in [0.3, 0.4) is 0 Å². The van der Waals surface area contributed by atoms with Crippen molar-refractivity contribution in [2.45, 2.75) is 25.0 Å². The number of methoxy groups -OCH3 is 1. The predicted molar refractivity (Wildman–Crippen MR) is 55.3 cm³/mol. The lowest BCUT2D eigenvalue weighted by Gasteiger charge is -2.40. The Kier molecular flexibility index (Phi) is 4.09. The maximum atomic E-state index is 5.22. The van der Waals surface area contributed by atoms with E-state index >= 15 is 0 Å². The first-order valence-electron chi connectivity index (χ1n) is 4.07. The standard InChI is InChI=1S/C8H16INO/c1-10(4-3-9)7-5-8(6-7)11-2/h7-8H,3-6H2,1-2H3. The van der Waals surface area contributed by atoms with Gasteiger partial charge in [0.2, 0.25) is 0 Å². The van der Waals surface area contributed by atoms with Gasteiger partial charge in [0.25, 0.3) is 0 Å². The Morgan fingerprint density at radius 2 is 2.18 bits per heavy atom. The van der Waals surface area contributed by atoms with Gasteiger partial charge in [-0.15, -0.1) is 0 Å². The molecule has 2 nitrogen and oxygen atoms in total. The van der Waals surface area contributed by atoms with Gasteiger partial charge in [0.15, 0.2) is 0 Å². The highest BCUT2D eigenvalue weighted by Crippen LogP contribution is 2.26. The van der Waals surface area contributed by atoms with Crippen molar-refractivity contribution in [2.75, 3.05) is 25.1 Å². The SMILES string of the molecule is COC1CC(N(C)CCI)C1. The molecule has 1 saturated carbocycles. The lowest BCUT2D eigenvalue weighted by atomic mass is 9.88. The zero-order valence-electron chi connectivity index (χ0n) is 7.22. The van der Waals surface area contributed by atoms with Crippen LogP contribution in [-0.4, -0.2) is 42.2 Å². The highest BCUT2D eigenvalue weighted by molar-refractivity contribution is 14.1. The summed E-state index contributed by atoms with van der Waals surface area (Å²) >= 11 is 2.42. The molecule has 1 aliphatic carbocycles. The molecule has 1 aliphatic rings. The fourth-order valence-electron chi connectivity index (χ4n) is 1.41. The van der Waals surface area contributed by atoms with E-state index in [2.05, 4.69) is 34.5 Å². The Hall–Kier alpha value is 0.650. The van der Waals surface area contributed by atoms with Crippen LogP contribution in [0.1, 0.15) is 12.8 Å². The fraction of sp³-hybridized carbons (Fsp3) is 1.00. The van der Waals surface area contributed by atoms with Gasteiger partial charge in [0, 0.05) is 24.1 Å². The van der Waals surface area contributed by atoms with Gasteiger partial charge in [-0.3, -0.25) is 0 Å². The van der Waals surface area contributed by atoms with Crippen LogP contribution in [0.15, 0.2) is 0 Å². The molecule has 0 spiro atoms. The molecule has 1 fully saturated rings. The van der Waals surface area contributed by atoms with Crippen molar-refractivity contribution in [3.05, 3.63) is 0 Å². The van der Waals surface area contributed by atoms with E-state index in [1.807, 2.05) is 0 Å². The van der Waals surface area contributed by atoms with E-state index < -0.39 is 0 Å². The number of nitrogens with zero attached hydrogens (tertiary/aromatic N) is 1. The van der Waals surface area contributed by atoms with Gasteiger partial charge in [-0.2, -0.15) is 0 Å². The van der Waals surface area contributed by atoms with E-state index in [0.717, 1.165) is 6.04 Å². The van der Waals surface area contributed by atoms with Gasteiger partial charge in [0.05, 0.1) is 6.10 Å². The van der Waals surface area contributed by atoms with Gasteiger partial charge in [0.1, 0.15) is 0 Å². The number of alkyl halides is 1. The van der Waals surface area contributed by atoms with Crippen molar-refractivity contribution in [1.82, 2.24) is 4.90 Å². The topological polar surface area (TPSA) is 12.5 Å². The summed E-state index contributed by atoms with van der Waals surface area (Å²) in [4.78, 5) is 2.43. The van der Waals surface area contributed by atoms with Gasteiger partial charge >= 0.3 is 0 Å². The Balaban J connectivity index is 2.10. The zero-order valence-corrected chi connectivity index (χ0v) is 9.37. The van der Waals surface area contributed by atoms with Gasteiger partial charge < -0.3 is 9.64 Å². The van der Waals surface area contributed by atoms with E-state index in [9.17, 15) is 0 Å². The van der Waals surface area contributed by atoms with E-state index in [1.165, 1.54) is 23.8 Å². The maximum absolute atomic E-state index is 5.22. The number of ether oxygens (including phenoxy) is 1. The number of hydrogen-bond donors (Lipinski definition) is 0. The Morgan fingerprint density at radius 3 is 2.64 bits per heavy atom. The molecular formula is C8H16INO. The molecule has 0 heterocycles. The van der Waals surface area contributed by atoms with Crippen LogP contribution in [-0.2, 0) is 4.74 Å². The smallest absolute Gasteiger partial charge is 0.0601 e. The first kappa shape index (κ1) is 9.74. The third-order valence-corrected chi connectivity index (χ3v) is 2.95. The minimum Gasteiger partial charge on any atom is -0.381 e. The average molecular weight is 269 g/mol. The third kappa shape index (κ3) is 2.56. The summed E-state index contributed by atoms with van der Waals surface area (Å²) in [7, 11) is 4.01. The lowest BCUT2D eigenvalue weighted by Crippen LogP contribution is -2.46. The molecule has 1 rings (SSSR count). The molecule has 0 unspecified atom stereocenters. The minimum atomic E-state index is 0.539. The molecule has 11 heavy (non-hydrogen) atoms. The predicted octanol–water partition coefficient (Wildman–Crippen LogP) is 1.53. The highest BCUT2D eigenvalue weighted by Gasteiger charge is 2.31. The number of hydrogen-bond acceptors (Lipinski definition) is 2. The van der Waals surface area contributed by atoms with Crippen molar-refractivity contribution >= 4 is 22.6 Å². The number of rotatable bonds is 4. The van der Waals surface area contributed by atoms with E-state index in [1.54, 1.807) is 7.11 Å². The summed E-state index contributed by atoms with van der Waals surface area (Å²) < 4.78 is 6.44. The summed E-state index contributed by atoms with van der Waals surface area (Å²) in [5.41, 5.74) is 0. The average Bonchev–Trinajstić information content (AvgIpc) is 1.86. The quantitative estimate of drug-likeness (QED) is 0.567. The fourth-order valence-corrected chi connectivity index (χ4v) is 2.17. The molecule has 0 aromatic heterocycles. The Bertz CT molecular complexity index is 115. The van der Waals surface area contributed by atoms with Crippen LogP contribution in [0.5, 0.6) is 0 Å². The molecule has 0 aromatic carbocycles. The molecule has 0 atom stereocenters. The van der Waals surface area contributed by atoms with Crippen LogP contribution in [0.4, 0.5) is 0 Å². The van der Waals surface area contributed by atoms with Crippen molar-refractivity contribution in [2.24, 2.45) is 0 Å². The van der Waals surface area contributed by atoms with Crippen molar-refractivity contribution in [1.29, 1.82) is 0 Å². The van der Waals surface area contributed by atoms with Gasteiger partial charge in [-0.05, 0) is 19.9 Å². The van der Waals surface area contributed by atoms with Gasteiger partial charge in [-0.1, -0.05) is 22.6 Å². The Morgan fingerprint density at radius 1 is 1.55 bits per heavy atom. The normalized spacial score (nSPS) is 30.5. The van der Waals surface area contributed by atoms with E-state index in [0.29, 0.717) is 6.10 Å². The van der Waals surface area contributed by atoms with Gasteiger partial charge in [-0.25, -0.2) is 0 Å². The second-order valence-corrected chi connectivity index (χ2v) is 4.23. The minimum absolute atomic E-state index is 0.539. The monoisotopic (exact) mass is 269 g/mol. The third-order valence-electron chi connectivity index (χ3n) is 2.46. The van der Waals surface area contributed by atoms with E-state index in [4.69, 9.17) is 4.74 Å². The zero-order chi connectivity index (χ0) is 8.27. The lowest BCUT2D eigenvalue weighted by molar-refractivity contribution is -0.0174. The number of halogens is 1. The Labute approximate surface area is 82.4 Å². The highest BCUT2D eigenvalue weighted by atomic mass is 127. The molecule has 0 radical (unpaired) electrons. The van der Waals surface area contributed by atoms with Crippen molar-refractivity contribution in [3.63, 3.8) is 0 Å². The molecule has 0 aliphatic heterocycles. The second kappa shape index (κ2) is 4.62. The largest absolute Gasteiger partial charge is 0.381 e. The van der Waals surface area contributed by atoms with Crippen LogP contribution in [0, 0.1) is 0 Å². The molecule has 0 bridgehead atoms. The van der Waals surface area contributed by atoms with Crippen LogP contribution in [0.25, 0.3) is 0 Å². The summed E-state index contributed by atoms with van der Waals surface area (Å²) in [5, 5.41) is 0. The van der Waals surface area contributed by atoms with Crippen LogP contribution < -0.4 is 0 Å². The first-order valence-corrected chi connectivity index (χ1v) is 5.59. The first-order chi connectivity index (χ1) is 5.27. The molecular weight excluding hydrogens is 253 g/mol. The van der Waals surface area contributed by atoms with Crippen LogP contribution >= 0.6 is 22.6 Å². The molecule has 3 heteroatoms.